The van der Waals surface area contributed by atoms with E-state index in [4.69, 9.17) is 10.5 Å². The third-order valence-electron chi connectivity index (χ3n) is 4.97. The molecule has 1 heterocycles. The number of amides is 1. The molecule has 8 nitrogen and oxygen atoms in total. The second kappa shape index (κ2) is 10.1. The fourth-order valence-corrected chi connectivity index (χ4v) is 3.16. The number of benzene rings is 1. The molecule has 1 aromatic heterocycles. The standard InChI is InChI=1S/C22H32N4O4/c1-6-7-11-25(18(27)13-30-17-10-8-9-15(4)16(17)5)19-20(23)26(12-14(2)3)22(29)24-21(19)28/h8-10,14H,6-7,11-13,23H2,1-5H3,(H,24,28,29). The van der Waals surface area contributed by atoms with Crippen molar-refractivity contribution < 1.29 is 9.53 Å². The lowest BCUT2D eigenvalue weighted by Crippen LogP contribution is -2.43. The van der Waals surface area contributed by atoms with Crippen LogP contribution in [-0.4, -0.2) is 28.6 Å². The Morgan fingerprint density at radius 1 is 1.27 bits per heavy atom. The van der Waals surface area contributed by atoms with Crippen molar-refractivity contribution in [2.45, 2.75) is 54.0 Å². The van der Waals surface area contributed by atoms with Crippen LogP contribution in [-0.2, 0) is 11.3 Å². The number of H-pyrrole nitrogens is 1. The number of aromatic amines is 1. The molecule has 0 fully saturated rings. The van der Waals surface area contributed by atoms with Gasteiger partial charge in [-0.15, -0.1) is 0 Å². The average Bonchev–Trinajstić information content (AvgIpc) is 2.68. The van der Waals surface area contributed by atoms with Crippen LogP contribution < -0.4 is 26.6 Å². The van der Waals surface area contributed by atoms with Crippen LogP contribution in [0, 0.1) is 19.8 Å². The van der Waals surface area contributed by atoms with Gasteiger partial charge in [0.05, 0.1) is 0 Å². The number of carbonyl (C=O) groups is 1. The molecule has 0 radical (unpaired) electrons. The Hall–Kier alpha value is -3.03. The Labute approximate surface area is 176 Å². The van der Waals surface area contributed by atoms with Crippen molar-refractivity contribution in [1.82, 2.24) is 9.55 Å². The summed E-state index contributed by atoms with van der Waals surface area (Å²) in [6, 6.07) is 5.63. The minimum Gasteiger partial charge on any atom is -0.483 e. The van der Waals surface area contributed by atoms with E-state index < -0.39 is 17.2 Å². The number of hydrogen-bond acceptors (Lipinski definition) is 5. The summed E-state index contributed by atoms with van der Waals surface area (Å²) in [7, 11) is 0. The maximum Gasteiger partial charge on any atom is 0.330 e. The maximum absolute atomic E-state index is 13.0. The molecule has 0 saturated heterocycles. The number of aromatic nitrogens is 2. The zero-order chi connectivity index (χ0) is 22.4. The van der Waals surface area contributed by atoms with Crippen LogP contribution >= 0.6 is 0 Å². The van der Waals surface area contributed by atoms with Gasteiger partial charge < -0.3 is 15.4 Å². The molecule has 0 aliphatic carbocycles. The van der Waals surface area contributed by atoms with Gasteiger partial charge in [-0.05, 0) is 43.4 Å². The van der Waals surface area contributed by atoms with Gasteiger partial charge in [-0.25, -0.2) is 4.79 Å². The molecule has 164 valence electrons. The Balaban J connectivity index is 2.39. The molecule has 2 rings (SSSR count). The number of nitrogens with zero attached hydrogens (tertiary/aromatic N) is 2. The van der Waals surface area contributed by atoms with Gasteiger partial charge in [0.1, 0.15) is 11.6 Å². The summed E-state index contributed by atoms with van der Waals surface area (Å²) >= 11 is 0. The number of nitrogens with one attached hydrogen (secondary N) is 1. The van der Waals surface area contributed by atoms with E-state index in [0.29, 0.717) is 25.3 Å². The number of anilines is 2. The van der Waals surface area contributed by atoms with Crippen LogP contribution in [0.4, 0.5) is 11.5 Å². The van der Waals surface area contributed by atoms with E-state index in [1.807, 2.05) is 46.8 Å². The van der Waals surface area contributed by atoms with Crippen LogP contribution in [0.1, 0.15) is 44.7 Å². The highest BCUT2D eigenvalue weighted by molar-refractivity contribution is 5.96. The van der Waals surface area contributed by atoms with Gasteiger partial charge in [-0.1, -0.05) is 39.3 Å². The highest BCUT2D eigenvalue weighted by atomic mass is 16.5. The first-order valence-corrected chi connectivity index (χ1v) is 10.3. The zero-order valence-corrected chi connectivity index (χ0v) is 18.4. The predicted molar refractivity (Wildman–Crippen MR) is 119 cm³/mol. The molecule has 30 heavy (non-hydrogen) atoms. The van der Waals surface area contributed by atoms with Gasteiger partial charge in [0.15, 0.2) is 12.3 Å². The van der Waals surface area contributed by atoms with Crippen molar-refractivity contribution in [3.63, 3.8) is 0 Å². The molecule has 8 heteroatoms. The SMILES string of the molecule is CCCCN(C(=O)COc1cccc(C)c1C)c1c(N)n(CC(C)C)c(=O)[nH]c1=O. The first-order valence-electron chi connectivity index (χ1n) is 10.3. The van der Waals surface area contributed by atoms with E-state index in [-0.39, 0.29) is 24.0 Å². The van der Waals surface area contributed by atoms with E-state index >= 15 is 0 Å². The molecule has 0 aliphatic heterocycles. The molecule has 0 aliphatic rings. The zero-order valence-electron chi connectivity index (χ0n) is 18.4. The van der Waals surface area contributed by atoms with Crippen molar-refractivity contribution in [1.29, 1.82) is 0 Å². The van der Waals surface area contributed by atoms with Crippen LogP contribution in [0.15, 0.2) is 27.8 Å². The van der Waals surface area contributed by atoms with E-state index in [0.717, 1.165) is 17.5 Å². The second-order valence-corrected chi connectivity index (χ2v) is 7.88. The Kier molecular flexibility index (Phi) is 7.86. The van der Waals surface area contributed by atoms with Crippen molar-refractivity contribution in [3.8, 4) is 5.75 Å². The lowest BCUT2D eigenvalue weighted by Gasteiger charge is -2.25. The smallest absolute Gasteiger partial charge is 0.330 e. The van der Waals surface area contributed by atoms with E-state index in [2.05, 4.69) is 4.98 Å². The number of aryl methyl sites for hydroxylation is 1. The van der Waals surface area contributed by atoms with Crippen LogP contribution in [0.3, 0.4) is 0 Å². The molecular formula is C22H32N4O4. The summed E-state index contributed by atoms with van der Waals surface area (Å²) < 4.78 is 7.05. The van der Waals surface area contributed by atoms with Crippen molar-refractivity contribution in [2.75, 3.05) is 23.8 Å². The van der Waals surface area contributed by atoms with E-state index in [1.165, 1.54) is 9.47 Å². The Morgan fingerprint density at radius 2 is 1.97 bits per heavy atom. The molecule has 0 saturated carbocycles. The number of rotatable bonds is 9. The topological polar surface area (TPSA) is 110 Å². The molecule has 1 amide bonds. The fourth-order valence-electron chi connectivity index (χ4n) is 3.16. The largest absolute Gasteiger partial charge is 0.483 e. The van der Waals surface area contributed by atoms with Crippen LogP contribution in [0.2, 0.25) is 0 Å². The van der Waals surface area contributed by atoms with Gasteiger partial charge in [0.25, 0.3) is 11.5 Å². The molecular weight excluding hydrogens is 384 g/mol. The highest BCUT2D eigenvalue weighted by Gasteiger charge is 2.24. The molecule has 0 atom stereocenters. The maximum atomic E-state index is 13.0. The van der Waals surface area contributed by atoms with E-state index in [1.54, 1.807) is 6.07 Å². The number of nitrogens with two attached hydrogens (primary N) is 1. The summed E-state index contributed by atoms with van der Waals surface area (Å²) in [5.74, 6) is 0.353. The molecule has 0 spiro atoms. The third-order valence-corrected chi connectivity index (χ3v) is 4.97. The summed E-state index contributed by atoms with van der Waals surface area (Å²) in [5.41, 5.74) is 6.96. The number of ether oxygens (including phenoxy) is 1. The Bertz CT molecular complexity index is 1010. The third kappa shape index (κ3) is 5.31. The van der Waals surface area contributed by atoms with E-state index in [9.17, 15) is 14.4 Å². The summed E-state index contributed by atoms with van der Waals surface area (Å²) in [4.78, 5) is 41.5. The van der Waals surface area contributed by atoms with Crippen molar-refractivity contribution in [2.24, 2.45) is 5.92 Å². The first kappa shape index (κ1) is 23.3. The van der Waals surface area contributed by atoms with Crippen LogP contribution in [0.5, 0.6) is 5.75 Å². The quantitative estimate of drug-likeness (QED) is 0.653. The number of carbonyl (C=O) groups excluding carboxylic acids is 1. The number of nitrogen functional groups attached to an aromatic ring is 1. The van der Waals surface area contributed by atoms with Gasteiger partial charge in [0, 0.05) is 13.1 Å². The van der Waals surface area contributed by atoms with Gasteiger partial charge >= 0.3 is 5.69 Å². The molecule has 1 aromatic carbocycles. The Morgan fingerprint density at radius 3 is 2.60 bits per heavy atom. The molecule has 2 aromatic rings. The molecule has 0 bridgehead atoms. The fraction of sp³-hybridized carbons (Fsp3) is 0.500. The van der Waals surface area contributed by atoms with Crippen molar-refractivity contribution in [3.05, 3.63) is 50.2 Å². The van der Waals surface area contributed by atoms with Crippen LogP contribution in [0.25, 0.3) is 0 Å². The molecule has 3 N–H and O–H groups in total. The first-order chi connectivity index (χ1) is 14.2. The van der Waals surface area contributed by atoms with Crippen molar-refractivity contribution >= 4 is 17.4 Å². The summed E-state index contributed by atoms with van der Waals surface area (Å²) in [5, 5.41) is 0. The average molecular weight is 417 g/mol. The minimum absolute atomic E-state index is 0.00161. The lowest BCUT2D eigenvalue weighted by molar-refractivity contribution is -0.120. The lowest BCUT2D eigenvalue weighted by atomic mass is 10.1. The highest BCUT2D eigenvalue weighted by Crippen LogP contribution is 2.22. The second-order valence-electron chi connectivity index (χ2n) is 7.88. The number of hydrogen-bond donors (Lipinski definition) is 2. The minimum atomic E-state index is -0.673. The normalized spacial score (nSPS) is 11.0. The monoisotopic (exact) mass is 416 g/mol. The molecule has 0 unspecified atom stereocenters. The number of unbranched alkanes of at least 4 members (excludes halogenated alkanes) is 1. The summed E-state index contributed by atoms with van der Waals surface area (Å²) in [6.07, 6.45) is 1.50. The van der Waals surface area contributed by atoms with Gasteiger partial charge in [-0.2, -0.15) is 0 Å². The summed E-state index contributed by atoms with van der Waals surface area (Å²) in [6.45, 7) is 10.2. The van der Waals surface area contributed by atoms with Gasteiger partial charge in [-0.3, -0.25) is 19.1 Å². The predicted octanol–water partition coefficient (Wildman–Crippen LogP) is 2.60. The van der Waals surface area contributed by atoms with Gasteiger partial charge in [0.2, 0.25) is 0 Å².